The van der Waals surface area contributed by atoms with Crippen LogP contribution < -0.4 is 10.1 Å². The molecule has 0 saturated heterocycles. The highest BCUT2D eigenvalue weighted by Crippen LogP contribution is 2.32. The van der Waals surface area contributed by atoms with Crippen molar-refractivity contribution < 1.29 is 4.74 Å². The molecule has 0 unspecified atom stereocenters. The first-order valence-electron chi connectivity index (χ1n) is 6.64. The third-order valence-corrected chi connectivity index (χ3v) is 3.51. The molecule has 0 spiro atoms. The topological polar surface area (TPSA) is 34.1 Å². The van der Waals surface area contributed by atoms with Gasteiger partial charge in [-0.15, -0.1) is 0 Å². The Hall–Kier alpha value is -2.26. The first-order chi connectivity index (χ1) is 10.2. The molecular weight excluding hydrogens is 284 g/mol. The Morgan fingerprint density at radius 1 is 1.05 bits per heavy atom. The predicted molar refractivity (Wildman–Crippen MR) is 87.8 cm³/mol. The quantitative estimate of drug-likeness (QED) is 0.743. The molecule has 0 amide bonds. The zero-order chi connectivity index (χ0) is 14.8. The van der Waals surface area contributed by atoms with Gasteiger partial charge in [0.15, 0.2) is 0 Å². The minimum absolute atomic E-state index is 0.684. The summed E-state index contributed by atoms with van der Waals surface area (Å²) in [6, 6.07) is 15.6. The van der Waals surface area contributed by atoms with E-state index in [1.807, 2.05) is 55.5 Å². The van der Waals surface area contributed by atoms with E-state index in [2.05, 4.69) is 10.3 Å². The number of hydrogen-bond donors (Lipinski definition) is 1. The molecule has 1 N–H and O–H groups in total. The van der Waals surface area contributed by atoms with Crippen LogP contribution in [0.5, 0.6) is 5.75 Å². The summed E-state index contributed by atoms with van der Waals surface area (Å²) in [6.45, 7) is 1.97. The number of nitrogens with zero attached hydrogens (tertiary/aromatic N) is 1. The van der Waals surface area contributed by atoms with Crippen LogP contribution in [0.2, 0.25) is 5.02 Å². The molecule has 1 heterocycles. The number of ether oxygens (including phenoxy) is 1. The van der Waals surface area contributed by atoms with Gasteiger partial charge in [0.05, 0.1) is 18.3 Å². The molecule has 3 rings (SSSR count). The molecule has 106 valence electrons. The normalized spacial score (nSPS) is 10.6. The summed E-state index contributed by atoms with van der Waals surface area (Å²) < 4.78 is 5.38. The first-order valence-corrected chi connectivity index (χ1v) is 7.02. The summed E-state index contributed by atoms with van der Waals surface area (Å²) in [5.41, 5.74) is 3.71. The third kappa shape index (κ3) is 2.78. The average Bonchev–Trinajstić information content (AvgIpc) is 2.47. The number of hydrogen-bond acceptors (Lipinski definition) is 3. The van der Waals surface area contributed by atoms with Crippen molar-refractivity contribution in [2.24, 2.45) is 0 Å². The van der Waals surface area contributed by atoms with Crippen LogP contribution in [-0.2, 0) is 0 Å². The van der Waals surface area contributed by atoms with E-state index in [-0.39, 0.29) is 0 Å². The molecule has 0 aliphatic carbocycles. The highest BCUT2D eigenvalue weighted by molar-refractivity contribution is 6.31. The van der Waals surface area contributed by atoms with Crippen molar-refractivity contribution in [1.82, 2.24) is 4.98 Å². The molecule has 0 saturated carbocycles. The van der Waals surface area contributed by atoms with Gasteiger partial charge in [0.1, 0.15) is 5.75 Å². The van der Waals surface area contributed by atoms with Crippen molar-refractivity contribution in [3.8, 4) is 5.75 Å². The van der Waals surface area contributed by atoms with Gasteiger partial charge in [0.25, 0.3) is 0 Å². The molecule has 1 aromatic heterocycles. The monoisotopic (exact) mass is 298 g/mol. The molecule has 4 heteroatoms. The van der Waals surface area contributed by atoms with Crippen molar-refractivity contribution in [3.05, 3.63) is 59.2 Å². The second-order valence-corrected chi connectivity index (χ2v) is 5.23. The zero-order valence-corrected chi connectivity index (χ0v) is 12.6. The van der Waals surface area contributed by atoms with Crippen LogP contribution >= 0.6 is 11.6 Å². The van der Waals surface area contributed by atoms with Crippen molar-refractivity contribution in [2.45, 2.75) is 6.92 Å². The van der Waals surface area contributed by atoms with Crippen LogP contribution in [-0.4, -0.2) is 12.1 Å². The molecule has 21 heavy (non-hydrogen) atoms. The first kappa shape index (κ1) is 13.7. The van der Waals surface area contributed by atoms with E-state index in [0.29, 0.717) is 5.02 Å². The van der Waals surface area contributed by atoms with Crippen LogP contribution in [0.1, 0.15) is 5.69 Å². The maximum absolute atomic E-state index is 6.05. The minimum Gasteiger partial charge on any atom is -0.495 e. The fourth-order valence-electron chi connectivity index (χ4n) is 2.33. The number of rotatable bonds is 3. The lowest BCUT2D eigenvalue weighted by Gasteiger charge is -2.13. The molecule has 0 aliphatic heterocycles. The lowest BCUT2D eigenvalue weighted by molar-refractivity contribution is 0.417. The second-order valence-electron chi connectivity index (χ2n) is 4.80. The number of nitrogens with one attached hydrogen (secondary N) is 1. The van der Waals surface area contributed by atoms with E-state index in [4.69, 9.17) is 16.3 Å². The van der Waals surface area contributed by atoms with Crippen molar-refractivity contribution in [1.29, 1.82) is 0 Å². The van der Waals surface area contributed by atoms with E-state index >= 15 is 0 Å². The second kappa shape index (κ2) is 5.62. The number of para-hydroxylation sites is 2. The molecule has 3 aromatic rings. The van der Waals surface area contributed by atoms with Crippen LogP contribution in [0, 0.1) is 6.92 Å². The number of methoxy groups -OCH3 is 1. The molecular formula is C17H15ClN2O. The van der Waals surface area contributed by atoms with Gasteiger partial charge < -0.3 is 10.1 Å². The summed E-state index contributed by atoms with van der Waals surface area (Å²) in [4.78, 5) is 4.53. The van der Waals surface area contributed by atoms with Gasteiger partial charge in [-0.3, -0.25) is 4.98 Å². The van der Waals surface area contributed by atoms with Gasteiger partial charge in [-0.05, 0) is 43.3 Å². The Bertz CT molecular complexity index is 797. The lowest BCUT2D eigenvalue weighted by Crippen LogP contribution is -1.97. The van der Waals surface area contributed by atoms with Gasteiger partial charge in [-0.1, -0.05) is 23.7 Å². The number of aryl methyl sites for hydroxylation is 1. The van der Waals surface area contributed by atoms with E-state index in [9.17, 15) is 0 Å². The van der Waals surface area contributed by atoms with Gasteiger partial charge in [-0.2, -0.15) is 0 Å². The van der Waals surface area contributed by atoms with Crippen molar-refractivity contribution >= 4 is 33.9 Å². The maximum atomic E-state index is 6.05. The van der Waals surface area contributed by atoms with E-state index in [1.54, 1.807) is 7.11 Å². The summed E-state index contributed by atoms with van der Waals surface area (Å²) >= 11 is 6.05. The Morgan fingerprint density at radius 3 is 2.67 bits per heavy atom. The van der Waals surface area contributed by atoms with Gasteiger partial charge in [-0.25, -0.2) is 0 Å². The Labute approximate surface area is 128 Å². The predicted octanol–water partition coefficient (Wildman–Crippen LogP) is 4.95. The van der Waals surface area contributed by atoms with Crippen molar-refractivity contribution in [2.75, 3.05) is 12.4 Å². The number of halogens is 1. The SMILES string of the molecule is COc1ccccc1Nc1cc(C)nc2cc(Cl)ccc12. The molecule has 3 nitrogen and oxygen atoms in total. The Morgan fingerprint density at radius 2 is 1.86 bits per heavy atom. The molecule has 0 atom stereocenters. The Balaban J connectivity index is 2.12. The van der Waals surface area contributed by atoms with Crippen LogP contribution in [0.25, 0.3) is 10.9 Å². The summed E-state index contributed by atoms with van der Waals surface area (Å²) in [6.07, 6.45) is 0. The Kier molecular flexibility index (Phi) is 3.67. The van der Waals surface area contributed by atoms with E-state index < -0.39 is 0 Å². The molecule has 0 aliphatic rings. The largest absolute Gasteiger partial charge is 0.495 e. The molecule has 0 fully saturated rings. The highest BCUT2D eigenvalue weighted by Gasteiger charge is 2.07. The summed E-state index contributed by atoms with van der Waals surface area (Å²) in [5.74, 6) is 0.800. The van der Waals surface area contributed by atoms with Crippen LogP contribution in [0.4, 0.5) is 11.4 Å². The zero-order valence-electron chi connectivity index (χ0n) is 11.9. The number of anilines is 2. The van der Waals surface area contributed by atoms with Crippen LogP contribution in [0.15, 0.2) is 48.5 Å². The van der Waals surface area contributed by atoms with E-state index in [0.717, 1.165) is 33.7 Å². The number of aromatic nitrogens is 1. The lowest BCUT2D eigenvalue weighted by atomic mass is 10.1. The van der Waals surface area contributed by atoms with Gasteiger partial charge in [0, 0.05) is 21.8 Å². The van der Waals surface area contributed by atoms with E-state index in [1.165, 1.54) is 0 Å². The van der Waals surface area contributed by atoms with Gasteiger partial charge >= 0.3 is 0 Å². The molecule has 0 bridgehead atoms. The van der Waals surface area contributed by atoms with Crippen LogP contribution in [0.3, 0.4) is 0 Å². The molecule has 2 aromatic carbocycles. The maximum Gasteiger partial charge on any atom is 0.142 e. The molecule has 0 radical (unpaired) electrons. The number of fused-ring (bicyclic) bond motifs is 1. The summed E-state index contributed by atoms with van der Waals surface area (Å²) in [5, 5.41) is 5.13. The standard InChI is InChI=1S/C17H15ClN2O/c1-11-9-15(13-8-7-12(18)10-16(13)19-11)20-14-5-3-4-6-17(14)21-2/h3-10H,1-2H3,(H,19,20). The number of pyridine rings is 1. The summed E-state index contributed by atoms with van der Waals surface area (Å²) in [7, 11) is 1.66. The number of benzene rings is 2. The fraction of sp³-hybridized carbons (Fsp3) is 0.118. The minimum atomic E-state index is 0.684. The highest BCUT2D eigenvalue weighted by atomic mass is 35.5. The average molecular weight is 299 g/mol. The third-order valence-electron chi connectivity index (χ3n) is 3.28. The van der Waals surface area contributed by atoms with Gasteiger partial charge in [0.2, 0.25) is 0 Å². The fourth-order valence-corrected chi connectivity index (χ4v) is 2.50. The smallest absolute Gasteiger partial charge is 0.142 e. The van der Waals surface area contributed by atoms with Crippen molar-refractivity contribution in [3.63, 3.8) is 0 Å².